The second-order valence-corrected chi connectivity index (χ2v) is 9.18. The third-order valence-electron chi connectivity index (χ3n) is 6.77. The van der Waals surface area contributed by atoms with Crippen molar-refractivity contribution in [1.82, 2.24) is 9.88 Å². The summed E-state index contributed by atoms with van der Waals surface area (Å²) in [5.74, 6) is 0.716. The van der Waals surface area contributed by atoms with Gasteiger partial charge < -0.3 is 19.9 Å². The van der Waals surface area contributed by atoms with Crippen molar-refractivity contribution < 1.29 is 22.7 Å². The minimum absolute atomic E-state index is 0.00242. The van der Waals surface area contributed by atoms with Crippen LogP contribution in [0.3, 0.4) is 0 Å². The van der Waals surface area contributed by atoms with Gasteiger partial charge in [0.1, 0.15) is 18.5 Å². The van der Waals surface area contributed by atoms with Crippen molar-refractivity contribution in [2.24, 2.45) is 0 Å². The Hall–Kier alpha value is -3.83. The van der Waals surface area contributed by atoms with E-state index >= 15 is 0 Å². The number of carbonyl (C=O) groups excluding carboxylic acids is 1. The van der Waals surface area contributed by atoms with Gasteiger partial charge in [-0.2, -0.15) is 23.7 Å². The molecule has 2 fully saturated rings. The number of pyridine rings is 1. The van der Waals surface area contributed by atoms with Crippen molar-refractivity contribution >= 4 is 17.4 Å². The van der Waals surface area contributed by atoms with Crippen LogP contribution in [0.2, 0.25) is 0 Å². The third kappa shape index (κ3) is 6.69. The number of benzene rings is 1. The lowest BCUT2D eigenvalue weighted by molar-refractivity contribution is -0.139. The molecule has 1 aromatic carbocycles. The molecule has 1 aliphatic heterocycles. The first-order valence-electron chi connectivity index (χ1n) is 12.1. The highest BCUT2D eigenvalue weighted by Gasteiger charge is 2.34. The molecule has 0 radical (unpaired) electrons. The Labute approximate surface area is 213 Å². The van der Waals surface area contributed by atoms with E-state index in [2.05, 4.69) is 15.2 Å². The molecule has 0 atom stereocenters. The standard InChI is InChI=1S/C26H27F3N6O2/c27-26(28,29)23-13-21(3-2-19(23)15-31)33-20-4-6-22(7-5-20)37-17-25(36)35-11-9-34(10-12-35)24-8-1-18(14-30)16-32-24/h1-3,8,13,16,20,22,33H,4-7,9-12,17H2/t20-,22-. The number of hydrogen-bond acceptors (Lipinski definition) is 7. The molecule has 2 heterocycles. The highest BCUT2D eigenvalue weighted by Crippen LogP contribution is 2.34. The Kier molecular flexibility index (Phi) is 8.14. The van der Waals surface area contributed by atoms with Gasteiger partial charge in [0.05, 0.1) is 28.9 Å². The molecular weight excluding hydrogens is 485 g/mol. The number of nitrogens with zero attached hydrogens (tertiary/aromatic N) is 5. The van der Waals surface area contributed by atoms with E-state index < -0.39 is 17.3 Å². The summed E-state index contributed by atoms with van der Waals surface area (Å²) >= 11 is 0. The van der Waals surface area contributed by atoms with Crippen molar-refractivity contribution in [2.45, 2.75) is 44.0 Å². The zero-order chi connectivity index (χ0) is 26.4. The molecule has 1 N–H and O–H groups in total. The number of nitriles is 2. The van der Waals surface area contributed by atoms with Gasteiger partial charge in [0.15, 0.2) is 0 Å². The van der Waals surface area contributed by atoms with Gasteiger partial charge in [-0.15, -0.1) is 0 Å². The average molecular weight is 513 g/mol. The van der Waals surface area contributed by atoms with E-state index in [1.807, 2.05) is 6.07 Å². The van der Waals surface area contributed by atoms with Crippen LogP contribution in [0.25, 0.3) is 0 Å². The zero-order valence-electron chi connectivity index (χ0n) is 20.2. The maximum atomic E-state index is 13.2. The first kappa shape index (κ1) is 26.2. The number of hydrogen-bond donors (Lipinski definition) is 1. The first-order valence-corrected chi connectivity index (χ1v) is 12.1. The first-order chi connectivity index (χ1) is 17.8. The van der Waals surface area contributed by atoms with Crippen LogP contribution in [0.4, 0.5) is 24.7 Å². The predicted octanol–water partition coefficient (Wildman–Crippen LogP) is 3.93. The van der Waals surface area contributed by atoms with E-state index in [9.17, 15) is 18.0 Å². The fraction of sp³-hybridized carbons (Fsp3) is 0.462. The van der Waals surface area contributed by atoms with E-state index in [-0.39, 0.29) is 24.7 Å². The molecular formula is C26H27F3N6O2. The van der Waals surface area contributed by atoms with Crippen LogP contribution in [-0.2, 0) is 15.7 Å². The van der Waals surface area contributed by atoms with Crippen LogP contribution in [0, 0.1) is 22.7 Å². The molecule has 2 aromatic rings. The largest absolute Gasteiger partial charge is 0.417 e. The summed E-state index contributed by atoms with van der Waals surface area (Å²) in [5.41, 5.74) is -0.498. The summed E-state index contributed by atoms with van der Waals surface area (Å²) in [7, 11) is 0. The number of rotatable bonds is 6. The van der Waals surface area contributed by atoms with Gasteiger partial charge in [-0.3, -0.25) is 4.79 Å². The van der Waals surface area contributed by atoms with Crippen LogP contribution in [0.5, 0.6) is 0 Å². The number of ether oxygens (including phenoxy) is 1. The highest BCUT2D eigenvalue weighted by atomic mass is 19.4. The van der Waals surface area contributed by atoms with Crippen molar-refractivity contribution in [3.63, 3.8) is 0 Å². The van der Waals surface area contributed by atoms with Gasteiger partial charge in [-0.25, -0.2) is 4.98 Å². The molecule has 37 heavy (non-hydrogen) atoms. The lowest BCUT2D eigenvalue weighted by Gasteiger charge is -2.36. The third-order valence-corrected chi connectivity index (χ3v) is 6.77. The number of amides is 1. The molecule has 0 bridgehead atoms. The molecule has 1 amide bonds. The Morgan fingerprint density at radius 1 is 1.05 bits per heavy atom. The van der Waals surface area contributed by atoms with Gasteiger partial charge in [0, 0.05) is 44.1 Å². The fourth-order valence-electron chi connectivity index (χ4n) is 4.68. The van der Waals surface area contributed by atoms with Crippen LogP contribution in [-0.4, -0.2) is 60.7 Å². The van der Waals surface area contributed by atoms with Crippen LogP contribution < -0.4 is 10.2 Å². The van der Waals surface area contributed by atoms with Gasteiger partial charge in [-0.05, 0) is 56.0 Å². The monoisotopic (exact) mass is 512 g/mol. The molecule has 1 saturated carbocycles. The number of aromatic nitrogens is 1. The van der Waals surface area contributed by atoms with Crippen LogP contribution in [0.15, 0.2) is 36.5 Å². The van der Waals surface area contributed by atoms with Crippen molar-refractivity contribution in [1.29, 1.82) is 10.5 Å². The fourth-order valence-corrected chi connectivity index (χ4v) is 4.68. The molecule has 2 aliphatic rings. The topological polar surface area (TPSA) is 105 Å². The van der Waals surface area contributed by atoms with Crippen molar-refractivity contribution in [3.05, 3.63) is 53.2 Å². The number of carbonyl (C=O) groups is 1. The predicted molar refractivity (Wildman–Crippen MR) is 130 cm³/mol. The second-order valence-electron chi connectivity index (χ2n) is 9.18. The second kappa shape index (κ2) is 11.5. The highest BCUT2D eigenvalue weighted by molar-refractivity contribution is 5.77. The van der Waals surface area contributed by atoms with Crippen molar-refractivity contribution in [2.75, 3.05) is 43.0 Å². The summed E-state index contributed by atoms with van der Waals surface area (Å²) in [6.07, 6.45) is -0.315. The molecule has 8 nitrogen and oxygen atoms in total. The number of halogens is 3. The van der Waals surface area contributed by atoms with Crippen molar-refractivity contribution in [3.8, 4) is 12.1 Å². The number of alkyl halides is 3. The molecule has 194 valence electrons. The minimum atomic E-state index is -4.59. The van der Waals surface area contributed by atoms with Crippen LogP contribution in [0.1, 0.15) is 42.4 Å². The minimum Gasteiger partial charge on any atom is -0.382 e. The Morgan fingerprint density at radius 2 is 1.78 bits per heavy atom. The summed E-state index contributed by atoms with van der Waals surface area (Å²) < 4.78 is 45.5. The smallest absolute Gasteiger partial charge is 0.382 e. The Bertz CT molecular complexity index is 1170. The molecule has 0 unspecified atom stereocenters. The summed E-state index contributed by atoms with van der Waals surface area (Å²) in [6, 6.07) is 10.8. The number of nitrogens with one attached hydrogen (secondary N) is 1. The lowest BCUT2D eigenvalue weighted by Crippen LogP contribution is -2.50. The molecule has 0 spiro atoms. The molecule has 1 aromatic heterocycles. The maximum absolute atomic E-state index is 13.2. The van der Waals surface area contributed by atoms with E-state index in [0.29, 0.717) is 63.1 Å². The zero-order valence-corrected chi connectivity index (χ0v) is 20.2. The molecule has 1 aliphatic carbocycles. The van der Waals surface area contributed by atoms with E-state index in [4.69, 9.17) is 15.3 Å². The lowest BCUT2D eigenvalue weighted by atomic mass is 9.92. The molecule has 1 saturated heterocycles. The number of anilines is 2. The quantitative estimate of drug-likeness (QED) is 0.625. The van der Waals surface area contributed by atoms with Gasteiger partial charge in [0.25, 0.3) is 0 Å². The van der Waals surface area contributed by atoms with Gasteiger partial charge in [0.2, 0.25) is 5.91 Å². The van der Waals surface area contributed by atoms with E-state index in [1.165, 1.54) is 18.3 Å². The number of piperazine rings is 1. The van der Waals surface area contributed by atoms with E-state index in [1.54, 1.807) is 23.1 Å². The van der Waals surface area contributed by atoms with Gasteiger partial charge in [-0.1, -0.05) is 0 Å². The summed E-state index contributed by atoms with van der Waals surface area (Å²) in [6.45, 7) is 2.41. The SMILES string of the molecule is N#Cc1ccc(N2CCN(C(=O)CO[C@H]3CC[C@H](Nc4ccc(C#N)c(C(F)(F)F)c4)CC3)CC2)nc1. The summed E-state index contributed by atoms with van der Waals surface area (Å²) in [4.78, 5) is 20.8. The average Bonchev–Trinajstić information content (AvgIpc) is 2.92. The summed E-state index contributed by atoms with van der Waals surface area (Å²) in [5, 5.41) is 21.0. The maximum Gasteiger partial charge on any atom is 0.417 e. The van der Waals surface area contributed by atoms with Gasteiger partial charge >= 0.3 is 6.18 Å². The Balaban J connectivity index is 1.19. The Morgan fingerprint density at radius 3 is 2.38 bits per heavy atom. The van der Waals surface area contributed by atoms with E-state index in [0.717, 1.165) is 11.9 Å². The van der Waals surface area contributed by atoms with Crippen LogP contribution >= 0.6 is 0 Å². The molecule has 4 rings (SSSR count). The normalized spacial score (nSPS) is 20.1. The molecule has 11 heteroatoms.